The highest BCUT2D eigenvalue weighted by atomic mass is 32.2. The minimum atomic E-state index is -0.852. The summed E-state index contributed by atoms with van der Waals surface area (Å²) in [4.78, 5) is 11.4. The summed E-state index contributed by atoms with van der Waals surface area (Å²) < 4.78 is 18.5. The molecular formula is C16H15FO3S. The molecule has 0 aliphatic heterocycles. The van der Waals surface area contributed by atoms with Gasteiger partial charge in [0.05, 0.1) is 13.0 Å². The Hall–Kier alpha value is -2.01. The Kier molecular flexibility index (Phi) is 5.63. The van der Waals surface area contributed by atoms with Crippen molar-refractivity contribution in [1.82, 2.24) is 0 Å². The number of aliphatic carboxylic acids is 1. The third kappa shape index (κ3) is 5.47. The Labute approximate surface area is 126 Å². The molecule has 0 bridgehead atoms. The van der Waals surface area contributed by atoms with Gasteiger partial charge in [-0.3, -0.25) is 4.79 Å². The number of hydrogen-bond donors (Lipinski definition) is 1. The van der Waals surface area contributed by atoms with E-state index in [-0.39, 0.29) is 12.2 Å². The van der Waals surface area contributed by atoms with Crippen molar-refractivity contribution in [3.05, 3.63) is 59.9 Å². The van der Waals surface area contributed by atoms with E-state index >= 15 is 0 Å². The fourth-order valence-corrected chi connectivity index (χ4v) is 2.53. The molecule has 0 fully saturated rings. The van der Waals surface area contributed by atoms with Crippen molar-refractivity contribution >= 4 is 17.7 Å². The van der Waals surface area contributed by atoms with Gasteiger partial charge in [0.2, 0.25) is 0 Å². The van der Waals surface area contributed by atoms with Gasteiger partial charge in [0.25, 0.3) is 0 Å². The van der Waals surface area contributed by atoms with Gasteiger partial charge in [-0.2, -0.15) is 0 Å². The fourth-order valence-electron chi connectivity index (χ4n) is 1.75. The van der Waals surface area contributed by atoms with E-state index in [1.54, 1.807) is 30.3 Å². The van der Waals surface area contributed by atoms with Gasteiger partial charge in [0.15, 0.2) is 0 Å². The number of carboxylic acid groups (broad SMARTS) is 1. The van der Waals surface area contributed by atoms with E-state index in [2.05, 4.69) is 0 Å². The third-order valence-electron chi connectivity index (χ3n) is 2.70. The first-order chi connectivity index (χ1) is 10.1. The first-order valence-corrected chi connectivity index (χ1v) is 7.44. The predicted molar refractivity (Wildman–Crippen MR) is 80.4 cm³/mol. The molecule has 0 heterocycles. The van der Waals surface area contributed by atoms with Gasteiger partial charge in [0.1, 0.15) is 11.6 Å². The lowest BCUT2D eigenvalue weighted by Crippen LogP contribution is -2.02. The first kappa shape index (κ1) is 15.4. The molecule has 0 amide bonds. The monoisotopic (exact) mass is 306 g/mol. The maximum atomic E-state index is 13.0. The summed E-state index contributed by atoms with van der Waals surface area (Å²) in [5, 5.41) is 8.68. The van der Waals surface area contributed by atoms with Crippen molar-refractivity contribution in [3.8, 4) is 5.75 Å². The van der Waals surface area contributed by atoms with Crippen molar-refractivity contribution < 1.29 is 19.0 Å². The molecule has 0 saturated carbocycles. The van der Waals surface area contributed by atoms with Crippen molar-refractivity contribution in [2.45, 2.75) is 11.3 Å². The van der Waals surface area contributed by atoms with Crippen LogP contribution in [0.5, 0.6) is 5.75 Å². The van der Waals surface area contributed by atoms with E-state index in [9.17, 15) is 9.18 Å². The van der Waals surface area contributed by atoms with E-state index < -0.39 is 5.97 Å². The van der Waals surface area contributed by atoms with Gasteiger partial charge >= 0.3 is 5.97 Å². The quantitative estimate of drug-likeness (QED) is 0.627. The molecule has 3 nitrogen and oxygen atoms in total. The zero-order valence-electron chi connectivity index (χ0n) is 11.3. The summed E-state index contributed by atoms with van der Waals surface area (Å²) in [6.07, 6.45) is 0.00963. The smallest absolute Gasteiger partial charge is 0.307 e. The molecular weight excluding hydrogens is 291 g/mol. The molecule has 0 aliphatic carbocycles. The largest absolute Gasteiger partial charge is 0.493 e. The van der Waals surface area contributed by atoms with E-state index in [4.69, 9.17) is 9.84 Å². The summed E-state index contributed by atoms with van der Waals surface area (Å²) in [6, 6.07) is 13.4. The van der Waals surface area contributed by atoms with Crippen LogP contribution in [0.2, 0.25) is 0 Å². The zero-order valence-corrected chi connectivity index (χ0v) is 12.1. The number of carboxylic acids is 1. The average Bonchev–Trinajstić information content (AvgIpc) is 2.45. The maximum Gasteiger partial charge on any atom is 0.307 e. The van der Waals surface area contributed by atoms with Gasteiger partial charge in [-0.05, 0) is 35.9 Å². The summed E-state index contributed by atoms with van der Waals surface area (Å²) >= 11 is 1.52. The van der Waals surface area contributed by atoms with Crippen LogP contribution in [0.25, 0.3) is 0 Å². The van der Waals surface area contributed by atoms with Crippen LogP contribution >= 0.6 is 11.8 Å². The second kappa shape index (κ2) is 7.69. The molecule has 0 radical (unpaired) electrons. The maximum absolute atomic E-state index is 13.0. The highest BCUT2D eigenvalue weighted by Gasteiger charge is 2.01. The molecule has 110 valence electrons. The van der Waals surface area contributed by atoms with E-state index in [1.165, 1.54) is 23.9 Å². The van der Waals surface area contributed by atoms with E-state index in [0.717, 1.165) is 10.5 Å². The van der Waals surface area contributed by atoms with Gasteiger partial charge in [-0.15, -0.1) is 11.8 Å². The Morgan fingerprint density at radius 1 is 1.19 bits per heavy atom. The first-order valence-electron chi connectivity index (χ1n) is 6.45. The second-order valence-corrected chi connectivity index (χ2v) is 5.54. The van der Waals surface area contributed by atoms with Crippen LogP contribution in [-0.2, 0) is 11.2 Å². The highest BCUT2D eigenvalue weighted by Crippen LogP contribution is 2.19. The standard InChI is InChI=1S/C16H15FO3S/c17-13-2-1-3-15(11-13)21-9-8-20-14-6-4-12(5-7-14)10-16(18)19/h1-7,11H,8-10H2,(H,18,19). The number of halogens is 1. The van der Waals surface area contributed by atoms with Crippen molar-refractivity contribution in [1.29, 1.82) is 0 Å². The lowest BCUT2D eigenvalue weighted by atomic mass is 10.1. The van der Waals surface area contributed by atoms with Crippen LogP contribution in [0, 0.1) is 5.82 Å². The Bertz CT molecular complexity index is 599. The summed E-state index contributed by atoms with van der Waals surface area (Å²) in [5.41, 5.74) is 0.740. The molecule has 21 heavy (non-hydrogen) atoms. The third-order valence-corrected chi connectivity index (χ3v) is 3.65. The van der Waals surface area contributed by atoms with Crippen LogP contribution in [-0.4, -0.2) is 23.4 Å². The number of carbonyl (C=O) groups is 1. The SMILES string of the molecule is O=C(O)Cc1ccc(OCCSc2cccc(F)c2)cc1. The van der Waals surface area contributed by atoms with Crippen molar-refractivity contribution in [2.75, 3.05) is 12.4 Å². The summed E-state index contributed by atoms with van der Waals surface area (Å²) in [6.45, 7) is 0.499. The van der Waals surface area contributed by atoms with Gasteiger partial charge < -0.3 is 9.84 Å². The predicted octanol–water partition coefficient (Wildman–Crippen LogP) is 3.62. The van der Waals surface area contributed by atoms with Gasteiger partial charge in [-0.1, -0.05) is 18.2 Å². The molecule has 0 spiro atoms. The second-order valence-electron chi connectivity index (χ2n) is 4.37. The Morgan fingerprint density at radius 2 is 1.95 bits per heavy atom. The molecule has 2 aromatic carbocycles. The van der Waals surface area contributed by atoms with Crippen LogP contribution in [0.15, 0.2) is 53.4 Å². The highest BCUT2D eigenvalue weighted by molar-refractivity contribution is 7.99. The van der Waals surface area contributed by atoms with Crippen molar-refractivity contribution in [2.24, 2.45) is 0 Å². The molecule has 0 aromatic heterocycles. The number of ether oxygens (including phenoxy) is 1. The number of hydrogen-bond acceptors (Lipinski definition) is 3. The van der Waals surface area contributed by atoms with E-state index in [0.29, 0.717) is 18.1 Å². The summed E-state index contributed by atoms with van der Waals surface area (Å²) in [7, 11) is 0. The molecule has 2 rings (SSSR count). The van der Waals surface area contributed by atoms with Crippen LogP contribution in [0.3, 0.4) is 0 Å². The topological polar surface area (TPSA) is 46.5 Å². The zero-order chi connectivity index (χ0) is 15.1. The molecule has 5 heteroatoms. The van der Waals surface area contributed by atoms with Crippen LogP contribution in [0.4, 0.5) is 4.39 Å². The minimum Gasteiger partial charge on any atom is -0.493 e. The Balaban J connectivity index is 1.74. The minimum absolute atomic E-state index is 0.00963. The molecule has 1 N–H and O–H groups in total. The van der Waals surface area contributed by atoms with Crippen LogP contribution < -0.4 is 4.74 Å². The number of rotatable bonds is 7. The summed E-state index contributed by atoms with van der Waals surface area (Å²) in [5.74, 6) is 0.314. The van der Waals surface area contributed by atoms with E-state index in [1.807, 2.05) is 6.07 Å². The molecule has 0 aliphatic rings. The van der Waals surface area contributed by atoms with Crippen molar-refractivity contribution in [3.63, 3.8) is 0 Å². The van der Waals surface area contributed by atoms with Gasteiger partial charge in [-0.25, -0.2) is 4.39 Å². The Morgan fingerprint density at radius 3 is 2.62 bits per heavy atom. The molecule has 2 aromatic rings. The number of benzene rings is 2. The lowest BCUT2D eigenvalue weighted by Gasteiger charge is -2.07. The molecule has 0 saturated heterocycles. The average molecular weight is 306 g/mol. The van der Waals surface area contributed by atoms with Crippen LogP contribution in [0.1, 0.15) is 5.56 Å². The number of thioether (sulfide) groups is 1. The lowest BCUT2D eigenvalue weighted by molar-refractivity contribution is -0.136. The molecule has 0 atom stereocenters. The van der Waals surface area contributed by atoms with Gasteiger partial charge in [0, 0.05) is 10.6 Å². The molecule has 0 unspecified atom stereocenters. The fraction of sp³-hybridized carbons (Fsp3) is 0.188. The normalized spacial score (nSPS) is 10.3.